The lowest BCUT2D eigenvalue weighted by molar-refractivity contribution is -0.117. The number of rotatable bonds is 2. The molecule has 0 spiro atoms. The molecule has 0 heterocycles. The Morgan fingerprint density at radius 2 is 2.05 bits per heavy atom. The van der Waals surface area contributed by atoms with Gasteiger partial charge in [-0.05, 0) is 44.4 Å². The molecule has 3 nitrogen and oxygen atoms in total. The number of methoxy groups -OCH3 is 1. The Hall–Kier alpha value is -2.21. The van der Waals surface area contributed by atoms with Crippen LogP contribution in [0.25, 0.3) is 5.57 Å². The Kier molecular flexibility index (Phi) is 3.47. The van der Waals surface area contributed by atoms with Gasteiger partial charge in [0.05, 0.1) is 12.7 Å². The topological polar surface area (TPSA) is 46.5 Å². The van der Waals surface area contributed by atoms with Gasteiger partial charge in [-0.1, -0.05) is 5.92 Å². The third-order valence-electron chi connectivity index (χ3n) is 4.43. The second-order valence-corrected chi connectivity index (χ2v) is 5.62. The number of aliphatic hydroxyl groups excluding tert-OH is 1. The van der Waals surface area contributed by atoms with E-state index in [1.54, 1.807) is 14.0 Å². The van der Waals surface area contributed by atoms with Gasteiger partial charge in [0, 0.05) is 23.0 Å². The van der Waals surface area contributed by atoms with Crippen LogP contribution in [0.4, 0.5) is 0 Å². The quantitative estimate of drug-likeness (QED) is 0.846. The monoisotopic (exact) mass is 282 g/mol. The Bertz CT molecular complexity index is 688. The van der Waals surface area contributed by atoms with E-state index in [2.05, 4.69) is 11.8 Å². The second-order valence-electron chi connectivity index (χ2n) is 5.62. The van der Waals surface area contributed by atoms with Gasteiger partial charge in [0.15, 0.2) is 5.78 Å². The standard InChI is InChI=1S/C18H18O3/c1-3-4-11-5-8-14(15(9-11)21-2)16-17(19)12-6-7-13(10-12)18(16)20/h5,8-9,12-13,19H,6-7,10H2,1-2H3. The summed E-state index contributed by atoms with van der Waals surface area (Å²) in [5.41, 5.74) is 1.96. The van der Waals surface area contributed by atoms with Crippen molar-refractivity contribution in [3.05, 3.63) is 35.1 Å². The molecule has 2 bridgehead atoms. The molecule has 1 N–H and O–H groups in total. The van der Waals surface area contributed by atoms with Crippen LogP contribution in [0, 0.1) is 23.7 Å². The fraction of sp³-hybridized carbons (Fsp3) is 0.389. The molecule has 0 radical (unpaired) electrons. The first-order valence-electron chi connectivity index (χ1n) is 7.24. The largest absolute Gasteiger partial charge is 0.511 e. The van der Waals surface area contributed by atoms with Crippen LogP contribution in [0.3, 0.4) is 0 Å². The van der Waals surface area contributed by atoms with Gasteiger partial charge in [-0.25, -0.2) is 0 Å². The minimum absolute atomic E-state index is 0.0499. The molecule has 108 valence electrons. The van der Waals surface area contributed by atoms with Crippen LogP contribution in [0.1, 0.15) is 37.3 Å². The summed E-state index contributed by atoms with van der Waals surface area (Å²) in [4.78, 5) is 12.6. The number of hydrogen-bond acceptors (Lipinski definition) is 3. The predicted octanol–water partition coefficient (Wildman–Crippen LogP) is 3.33. The average molecular weight is 282 g/mol. The Balaban J connectivity index is 2.12. The van der Waals surface area contributed by atoms with Crippen LogP contribution < -0.4 is 4.74 Å². The van der Waals surface area contributed by atoms with Gasteiger partial charge in [-0.15, -0.1) is 5.92 Å². The molecule has 1 saturated carbocycles. The molecule has 2 atom stereocenters. The molecule has 2 unspecified atom stereocenters. The SMILES string of the molecule is CC#Cc1ccc(C2=C(O)C3CCC(C3)C2=O)c(OC)c1. The van der Waals surface area contributed by atoms with Crippen LogP contribution in [0.2, 0.25) is 0 Å². The molecule has 1 aromatic carbocycles. The summed E-state index contributed by atoms with van der Waals surface area (Å²) in [6.45, 7) is 1.77. The van der Waals surface area contributed by atoms with Crippen molar-refractivity contribution in [2.75, 3.05) is 7.11 Å². The molecule has 2 aliphatic carbocycles. The van der Waals surface area contributed by atoms with E-state index < -0.39 is 0 Å². The van der Waals surface area contributed by atoms with E-state index in [9.17, 15) is 9.90 Å². The second kappa shape index (κ2) is 5.29. The van der Waals surface area contributed by atoms with E-state index in [1.807, 2.05) is 18.2 Å². The highest BCUT2D eigenvalue weighted by Crippen LogP contribution is 2.46. The number of fused-ring (bicyclic) bond motifs is 2. The van der Waals surface area contributed by atoms with Crippen molar-refractivity contribution >= 4 is 11.4 Å². The number of ketones is 1. The first-order valence-corrected chi connectivity index (χ1v) is 7.24. The molecule has 3 heteroatoms. The summed E-state index contributed by atoms with van der Waals surface area (Å²) in [5, 5.41) is 10.4. The smallest absolute Gasteiger partial charge is 0.170 e. The van der Waals surface area contributed by atoms with Crippen LogP contribution in [0.5, 0.6) is 5.75 Å². The van der Waals surface area contributed by atoms with Crippen molar-refractivity contribution in [1.82, 2.24) is 0 Å². The molecule has 1 aromatic rings. The highest BCUT2D eigenvalue weighted by Gasteiger charge is 2.41. The average Bonchev–Trinajstić information content (AvgIpc) is 2.94. The van der Waals surface area contributed by atoms with Gasteiger partial charge < -0.3 is 9.84 Å². The van der Waals surface area contributed by atoms with Gasteiger partial charge >= 0.3 is 0 Å². The normalized spacial score (nSPS) is 23.8. The van der Waals surface area contributed by atoms with E-state index in [-0.39, 0.29) is 23.4 Å². The minimum Gasteiger partial charge on any atom is -0.511 e. The molecule has 0 saturated heterocycles. The molecule has 3 rings (SSSR count). The number of carbonyl (C=O) groups excluding carboxylic acids is 1. The van der Waals surface area contributed by atoms with Crippen molar-refractivity contribution in [3.8, 4) is 17.6 Å². The summed E-state index contributed by atoms with van der Waals surface area (Å²) in [7, 11) is 1.57. The number of hydrogen-bond donors (Lipinski definition) is 1. The summed E-state index contributed by atoms with van der Waals surface area (Å²) < 4.78 is 5.41. The molecule has 0 amide bonds. The summed E-state index contributed by atoms with van der Waals surface area (Å²) in [6.07, 6.45) is 2.56. The number of aliphatic hydroxyl groups is 1. The maximum atomic E-state index is 12.6. The maximum absolute atomic E-state index is 12.6. The van der Waals surface area contributed by atoms with Crippen molar-refractivity contribution in [1.29, 1.82) is 0 Å². The van der Waals surface area contributed by atoms with Crippen LogP contribution in [-0.2, 0) is 4.79 Å². The number of allylic oxidation sites excluding steroid dienone is 2. The summed E-state index contributed by atoms with van der Waals surface area (Å²) >= 11 is 0. The van der Waals surface area contributed by atoms with Crippen molar-refractivity contribution in [2.45, 2.75) is 26.2 Å². The number of benzene rings is 1. The molecule has 1 fully saturated rings. The lowest BCUT2D eigenvalue weighted by Crippen LogP contribution is -2.21. The van der Waals surface area contributed by atoms with Gasteiger partial charge in [-0.3, -0.25) is 4.79 Å². The van der Waals surface area contributed by atoms with Crippen molar-refractivity contribution < 1.29 is 14.6 Å². The van der Waals surface area contributed by atoms with Crippen molar-refractivity contribution in [2.24, 2.45) is 11.8 Å². The molecule has 0 aromatic heterocycles. The fourth-order valence-corrected chi connectivity index (χ4v) is 3.39. The van der Waals surface area contributed by atoms with Gasteiger partial charge in [0.1, 0.15) is 11.5 Å². The van der Waals surface area contributed by atoms with Crippen LogP contribution in [0.15, 0.2) is 24.0 Å². The van der Waals surface area contributed by atoms with E-state index in [0.717, 1.165) is 24.8 Å². The Labute approximate surface area is 124 Å². The van der Waals surface area contributed by atoms with E-state index in [1.165, 1.54) is 0 Å². The molecule has 21 heavy (non-hydrogen) atoms. The Morgan fingerprint density at radius 1 is 1.29 bits per heavy atom. The number of carbonyl (C=O) groups is 1. The summed E-state index contributed by atoms with van der Waals surface area (Å²) in [6, 6.07) is 5.50. The number of Topliss-reactive ketones (excluding diaryl/α,β-unsaturated/α-hetero) is 1. The zero-order chi connectivity index (χ0) is 15.0. The molecule has 0 aliphatic heterocycles. The minimum atomic E-state index is 0.0499. The molecule has 2 aliphatic rings. The highest BCUT2D eigenvalue weighted by atomic mass is 16.5. The first kappa shape index (κ1) is 13.8. The summed E-state index contributed by atoms with van der Waals surface area (Å²) in [5.74, 6) is 6.87. The van der Waals surface area contributed by atoms with Crippen LogP contribution >= 0.6 is 0 Å². The predicted molar refractivity (Wildman–Crippen MR) is 80.9 cm³/mol. The molecular weight excluding hydrogens is 264 g/mol. The van der Waals surface area contributed by atoms with E-state index in [4.69, 9.17) is 4.74 Å². The van der Waals surface area contributed by atoms with E-state index >= 15 is 0 Å². The van der Waals surface area contributed by atoms with Crippen LogP contribution in [-0.4, -0.2) is 18.0 Å². The highest BCUT2D eigenvalue weighted by molar-refractivity contribution is 6.24. The van der Waals surface area contributed by atoms with Gasteiger partial charge in [0.2, 0.25) is 0 Å². The van der Waals surface area contributed by atoms with E-state index in [0.29, 0.717) is 16.9 Å². The zero-order valence-corrected chi connectivity index (χ0v) is 12.3. The zero-order valence-electron chi connectivity index (χ0n) is 12.3. The number of ether oxygens (including phenoxy) is 1. The first-order chi connectivity index (χ1) is 10.2. The van der Waals surface area contributed by atoms with Gasteiger partial charge in [0.25, 0.3) is 0 Å². The third-order valence-corrected chi connectivity index (χ3v) is 4.43. The molecular formula is C18H18O3. The lowest BCUT2D eigenvalue weighted by Gasteiger charge is -2.23. The van der Waals surface area contributed by atoms with Gasteiger partial charge in [-0.2, -0.15) is 0 Å². The Morgan fingerprint density at radius 3 is 2.76 bits per heavy atom. The fourth-order valence-electron chi connectivity index (χ4n) is 3.39. The maximum Gasteiger partial charge on any atom is 0.170 e. The third kappa shape index (κ3) is 2.21. The lowest BCUT2D eigenvalue weighted by atomic mass is 9.83. The van der Waals surface area contributed by atoms with Crippen molar-refractivity contribution in [3.63, 3.8) is 0 Å².